The molecule has 4 N–H and O–H groups in total. The molecule has 1 amide bonds. The number of aliphatic hydroxyl groups is 1. The van der Waals surface area contributed by atoms with Gasteiger partial charge in [0.05, 0.1) is 13.2 Å². The zero-order valence-electron chi connectivity index (χ0n) is 34.9. The maximum absolute atomic E-state index is 12.3. The largest absolute Gasteiger partial charge is 0.480 e. The van der Waals surface area contributed by atoms with Crippen LogP contribution in [0.4, 0.5) is 0 Å². The first-order valence-electron chi connectivity index (χ1n) is 21.7. The third-order valence-corrected chi connectivity index (χ3v) is 10.1. The fourth-order valence-electron chi connectivity index (χ4n) is 5.71. The number of amides is 1. The van der Waals surface area contributed by atoms with E-state index in [1.807, 2.05) is 0 Å². The second-order valence-corrected chi connectivity index (χ2v) is 16.0. The Morgan fingerprint density at radius 3 is 1.50 bits per heavy atom. The number of nitrogens with one attached hydrogen (secondary N) is 1. The van der Waals surface area contributed by atoms with Crippen LogP contribution in [0.25, 0.3) is 0 Å². The van der Waals surface area contributed by atoms with Crippen molar-refractivity contribution in [2.45, 2.75) is 193 Å². The molecule has 0 saturated carbocycles. The summed E-state index contributed by atoms with van der Waals surface area (Å²) in [5.41, 5.74) is 0. The van der Waals surface area contributed by atoms with Gasteiger partial charge in [-0.1, -0.05) is 159 Å². The number of phosphoric acid groups is 1. The van der Waals surface area contributed by atoms with Gasteiger partial charge in [0, 0.05) is 12.8 Å². The van der Waals surface area contributed by atoms with E-state index in [4.69, 9.17) is 13.8 Å². The minimum absolute atomic E-state index is 0.107. The molecular weight excluding hydrogens is 733 g/mol. The molecular formula is C44H78NO10P. The summed E-state index contributed by atoms with van der Waals surface area (Å²) in [7, 11) is -4.76. The molecule has 12 heteroatoms. The van der Waals surface area contributed by atoms with Gasteiger partial charge in [-0.2, -0.15) is 0 Å². The molecule has 0 heterocycles. The summed E-state index contributed by atoms with van der Waals surface area (Å²) in [5, 5.41) is 21.8. The molecule has 0 rings (SSSR count). The number of esters is 1. The predicted octanol–water partition coefficient (Wildman–Crippen LogP) is 11.0. The predicted molar refractivity (Wildman–Crippen MR) is 226 cm³/mol. The lowest BCUT2D eigenvalue weighted by Crippen LogP contribution is -2.43. The highest BCUT2D eigenvalue weighted by atomic mass is 31.2. The van der Waals surface area contributed by atoms with Crippen molar-refractivity contribution in [3.8, 4) is 0 Å². The molecule has 0 aromatic rings. The quantitative estimate of drug-likeness (QED) is 0.0202. The average Bonchev–Trinajstić information content (AvgIpc) is 3.17. The third kappa shape index (κ3) is 38.3. The average molecular weight is 812 g/mol. The van der Waals surface area contributed by atoms with Crippen molar-refractivity contribution >= 4 is 25.7 Å². The lowest BCUT2D eigenvalue weighted by Gasteiger charge is -2.18. The van der Waals surface area contributed by atoms with Crippen molar-refractivity contribution in [1.82, 2.24) is 5.32 Å². The van der Waals surface area contributed by atoms with Crippen LogP contribution in [0.15, 0.2) is 48.6 Å². The minimum Gasteiger partial charge on any atom is -0.480 e. The number of allylic oxidation sites excluding steroid dienone is 8. The number of carbonyl (C=O) groups is 3. The standard InChI is InChI=1S/C44H78NO10P/c1-3-5-7-9-11-13-15-17-18-19-20-21-22-24-25-27-29-31-33-35-42(47)45-41(44(49)50)39-55-56(51,52)54-38-40(46)37-53-43(48)36-34-32-30-28-26-23-16-14-12-10-8-6-4-2/h11,13,17-18,20-21,24-25,40-41,46H,3-10,12,14-16,19,22-23,26-39H2,1-2H3,(H,45,47)(H,49,50)(H,51,52)/b13-11-,18-17-,21-20-,25-24-. The Morgan fingerprint density at radius 1 is 0.571 bits per heavy atom. The van der Waals surface area contributed by atoms with Crippen LogP contribution in [0.3, 0.4) is 0 Å². The van der Waals surface area contributed by atoms with Gasteiger partial charge in [0.1, 0.15) is 12.7 Å². The van der Waals surface area contributed by atoms with Gasteiger partial charge in [-0.15, -0.1) is 0 Å². The molecule has 0 aliphatic rings. The molecule has 3 atom stereocenters. The highest BCUT2D eigenvalue weighted by Crippen LogP contribution is 2.43. The van der Waals surface area contributed by atoms with Crippen LogP contribution in [0.2, 0.25) is 0 Å². The normalized spacial score (nSPS) is 14.2. The number of aliphatic carboxylic acids is 1. The molecule has 3 unspecified atom stereocenters. The molecule has 0 fully saturated rings. The minimum atomic E-state index is -4.76. The molecule has 0 radical (unpaired) electrons. The van der Waals surface area contributed by atoms with E-state index in [1.54, 1.807) is 0 Å². The van der Waals surface area contributed by atoms with Crippen molar-refractivity contribution in [2.24, 2.45) is 0 Å². The Bertz CT molecular complexity index is 1140. The number of rotatable bonds is 40. The van der Waals surface area contributed by atoms with Gasteiger partial charge in [-0.25, -0.2) is 9.36 Å². The molecule has 0 aromatic carbocycles. The van der Waals surface area contributed by atoms with E-state index in [0.717, 1.165) is 57.8 Å². The first-order valence-corrected chi connectivity index (χ1v) is 23.2. The number of carboxylic acids is 1. The van der Waals surface area contributed by atoms with Gasteiger partial charge in [-0.05, 0) is 57.8 Å². The molecule has 11 nitrogen and oxygen atoms in total. The fourth-order valence-corrected chi connectivity index (χ4v) is 6.48. The number of unbranched alkanes of at least 4 members (excludes halogenated alkanes) is 18. The number of ether oxygens (including phenoxy) is 1. The Morgan fingerprint density at radius 2 is 0.982 bits per heavy atom. The van der Waals surface area contributed by atoms with Crippen molar-refractivity contribution in [3.05, 3.63) is 48.6 Å². The second kappa shape index (κ2) is 39.3. The van der Waals surface area contributed by atoms with Gasteiger partial charge in [0.2, 0.25) is 5.91 Å². The van der Waals surface area contributed by atoms with E-state index >= 15 is 0 Å². The molecule has 0 aliphatic carbocycles. The lowest BCUT2D eigenvalue weighted by molar-refractivity contribution is -0.147. The second-order valence-electron chi connectivity index (χ2n) is 14.5. The van der Waals surface area contributed by atoms with Crippen LogP contribution in [-0.2, 0) is 32.7 Å². The molecule has 56 heavy (non-hydrogen) atoms. The summed E-state index contributed by atoms with van der Waals surface area (Å²) in [5.74, 6) is -2.42. The number of phosphoric ester groups is 1. The SMILES string of the molecule is CCCCC/C=C\C/C=C\C/C=C\C/C=C\CCCCCC(=O)NC(COP(=O)(O)OCC(O)COC(=O)CCCCCCCCCCCCCCC)C(=O)O. The van der Waals surface area contributed by atoms with E-state index in [1.165, 1.54) is 83.5 Å². The molecule has 0 bridgehead atoms. The van der Waals surface area contributed by atoms with Crippen LogP contribution in [0.5, 0.6) is 0 Å². The molecule has 0 spiro atoms. The zero-order chi connectivity index (χ0) is 41.4. The number of hydrogen-bond donors (Lipinski definition) is 4. The molecule has 0 aliphatic heterocycles. The van der Waals surface area contributed by atoms with Gasteiger partial charge in [-0.3, -0.25) is 18.6 Å². The Labute approximate surface area is 339 Å². The first kappa shape index (κ1) is 53.4. The Kier molecular flexibility index (Phi) is 37.5. The van der Waals surface area contributed by atoms with Crippen LogP contribution < -0.4 is 5.32 Å². The van der Waals surface area contributed by atoms with E-state index in [0.29, 0.717) is 12.8 Å². The van der Waals surface area contributed by atoms with Crippen molar-refractivity contribution in [3.63, 3.8) is 0 Å². The summed E-state index contributed by atoms with van der Waals surface area (Å²) < 4.78 is 26.8. The van der Waals surface area contributed by atoms with E-state index in [2.05, 4.69) is 67.8 Å². The smallest absolute Gasteiger partial charge is 0.472 e. The highest BCUT2D eigenvalue weighted by molar-refractivity contribution is 7.47. The monoisotopic (exact) mass is 812 g/mol. The molecule has 0 saturated heterocycles. The number of hydrogen-bond acceptors (Lipinski definition) is 8. The number of carboxylic acid groups (broad SMARTS) is 1. The zero-order valence-corrected chi connectivity index (χ0v) is 35.8. The Hall–Kier alpha value is -2.56. The molecule has 324 valence electrons. The first-order chi connectivity index (χ1) is 27.1. The third-order valence-electron chi connectivity index (χ3n) is 9.12. The maximum atomic E-state index is 12.3. The number of carbonyl (C=O) groups excluding carboxylic acids is 2. The van der Waals surface area contributed by atoms with Gasteiger partial charge in [0.25, 0.3) is 0 Å². The van der Waals surface area contributed by atoms with Gasteiger partial charge >= 0.3 is 19.8 Å². The van der Waals surface area contributed by atoms with Crippen molar-refractivity contribution < 1.29 is 47.8 Å². The topological polar surface area (TPSA) is 169 Å². The maximum Gasteiger partial charge on any atom is 0.472 e. The summed E-state index contributed by atoms with van der Waals surface area (Å²) in [4.78, 5) is 45.9. The summed E-state index contributed by atoms with van der Waals surface area (Å²) in [6.07, 6.45) is 42.7. The summed E-state index contributed by atoms with van der Waals surface area (Å²) in [6.45, 7) is 2.53. The Balaban J connectivity index is 3.98. The molecule has 0 aromatic heterocycles. The van der Waals surface area contributed by atoms with Gasteiger partial charge < -0.3 is 25.2 Å². The summed E-state index contributed by atoms with van der Waals surface area (Å²) in [6, 6.07) is -1.56. The van der Waals surface area contributed by atoms with Crippen LogP contribution >= 0.6 is 7.82 Å². The lowest BCUT2D eigenvalue weighted by atomic mass is 10.0. The van der Waals surface area contributed by atoms with Gasteiger partial charge in [0.15, 0.2) is 6.04 Å². The number of aliphatic hydroxyl groups excluding tert-OH is 1. The van der Waals surface area contributed by atoms with E-state index in [9.17, 15) is 34.1 Å². The highest BCUT2D eigenvalue weighted by Gasteiger charge is 2.28. The van der Waals surface area contributed by atoms with Crippen LogP contribution in [0.1, 0.15) is 181 Å². The van der Waals surface area contributed by atoms with Crippen LogP contribution in [0, 0.1) is 0 Å². The van der Waals surface area contributed by atoms with E-state index in [-0.39, 0.29) is 12.8 Å². The van der Waals surface area contributed by atoms with E-state index < -0.39 is 57.6 Å². The summed E-state index contributed by atoms with van der Waals surface area (Å²) >= 11 is 0. The van der Waals surface area contributed by atoms with Crippen LogP contribution in [-0.4, -0.2) is 64.9 Å². The fraction of sp³-hybridized carbons (Fsp3) is 0.750. The van der Waals surface area contributed by atoms with Crippen molar-refractivity contribution in [2.75, 3.05) is 19.8 Å². The van der Waals surface area contributed by atoms with Crippen molar-refractivity contribution in [1.29, 1.82) is 0 Å².